The van der Waals surface area contributed by atoms with Crippen LogP contribution >= 0.6 is 0 Å². The fourth-order valence-corrected chi connectivity index (χ4v) is 3.31. The SMILES string of the molecule is COC(=O)[C@@H](N)Cc1cccc(C/C([C-]=O)=C(/c2[c-]c(C)cc(N(C)C)c2)C(F)(F)F)c1.[CH3-].[Li+]. The molecule has 2 rings (SSSR count). The van der Waals surface area contributed by atoms with Gasteiger partial charge >= 0.3 is 31.0 Å². The molecule has 0 amide bonds. The van der Waals surface area contributed by atoms with Gasteiger partial charge in [-0.25, -0.2) is 0 Å². The van der Waals surface area contributed by atoms with E-state index in [2.05, 4.69) is 10.8 Å². The van der Waals surface area contributed by atoms with Gasteiger partial charge in [-0.05, 0) is 41.5 Å². The van der Waals surface area contributed by atoms with E-state index in [1.165, 1.54) is 19.5 Å². The van der Waals surface area contributed by atoms with Gasteiger partial charge in [-0.1, -0.05) is 31.2 Å². The van der Waals surface area contributed by atoms with Gasteiger partial charge < -0.3 is 27.6 Å². The molecule has 0 aliphatic heterocycles. The molecule has 9 heteroatoms. The maximum absolute atomic E-state index is 14.1. The van der Waals surface area contributed by atoms with E-state index in [0.29, 0.717) is 22.4 Å². The van der Waals surface area contributed by atoms with E-state index in [9.17, 15) is 22.8 Å². The molecule has 1 atom stereocenters. The molecule has 0 saturated heterocycles. The Morgan fingerprint density at radius 1 is 1.21 bits per heavy atom. The van der Waals surface area contributed by atoms with Crippen molar-refractivity contribution >= 4 is 23.5 Å². The van der Waals surface area contributed by atoms with Gasteiger partial charge in [0.1, 0.15) is 6.04 Å². The Morgan fingerprint density at radius 3 is 2.35 bits per heavy atom. The third-order valence-electron chi connectivity index (χ3n) is 4.81. The second-order valence-corrected chi connectivity index (χ2v) is 7.61. The zero-order chi connectivity index (χ0) is 24.1. The first-order valence-electron chi connectivity index (χ1n) is 9.77. The first-order chi connectivity index (χ1) is 15.0. The Labute approximate surface area is 211 Å². The van der Waals surface area contributed by atoms with E-state index in [-0.39, 0.29) is 44.7 Å². The summed E-state index contributed by atoms with van der Waals surface area (Å²) in [4.78, 5) is 24.9. The Bertz CT molecular complexity index is 1020. The van der Waals surface area contributed by atoms with Crippen molar-refractivity contribution in [3.8, 4) is 0 Å². The summed E-state index contributed by atoms with van der Waals surface area (Å²) < 4.78 is 46.7. The molecule has 0 saturated carbocycles. The summed E-state index contributed by atoms with van der Waals surface area (Å²) in [5.41, 5.74) is 6.11. The molecule has 2 aromatic rings. The minimum atomic E-state index is -4.79. The topological polar surface area (TPSA) is 72.6 Å². The predicted molar refractivity (Wildman–Crippen MR) is 123 cm³/mol. The van der Waals surface area contributed by atoms with Gasteiger partial charge in [0.2, 0.25) is 0 Å². The van der Waals surface area contributed by atoms with Crippen LogP contribution in [0.3, 0.4) is 0 Å². The summed E-state index contributed by atoms with van der Waals surface area (Å²) in [6.07, 6.45) is -3.44. The monoisotopic (exact) mass is 468 g/mol. The molecule has 0 unspecified atom stereocenters. The quantitative estimate of drug-likeness (QED) is 0.271. The fourth-order valence-electron chi connectivity index (χ4n) is 3.31. The van der Waals surface area contributed by atoms with Crippen molar-refractivity contribution in [3.63, 3.8) is 0 Å². The number of benzene rings is 2. The summed E-state index contributed by atoms with van der Waals surface area (Å²) in [5.74, 6) is -0.594. The van der Waals surface area contributed by atoms with Gasteiger partial charge in [-0.2, -0.15) is 13.2 Å². The number of esters is 1. The summed E-state index contributed by atoms with van der Waals surface area (Å²) in [7, 11) is 4.65. The van der Waals surface area contributed by atoms with Crippen LogP contribution in [0.4, 0.5) is 18.9 Å². The summed E-state index contributed by atoms with van der Waals surface area (Å²) >= 11 is 0. The third kappa shape index (κ3) is 8.35. The number of hydrogen-bond acceptors (Lipinski definition) is 5. The first-order valence-corrected chi connectivity index (χ1v) is 9.77. The van der Waals surface area contributed by atoms with Crippen molar-refractivity contribution in [2.24, 2.45) is 5.73 Å². The van der Waals surface area contributed by atoms with E-state index >= 15 is 0 Å². The molecular weight excluding hydrogens is 440 g/mol. The smallest absolute Gasteiger partial charge is 0.468 e. The van der Waals surface area contributed by atoms with Crippen molar-refractivity contribution in [2.75, 3.05) is 26.1 Å². The maximum atomic E-state index is 14.1. The number of hydrogen-bond donors (Lipinski definition) is 1. The van der Waals surface area contributed by atoms with Crippen LogP contribution in [0.1, 0.15) is 22.3 Å². The Balaban J connectivity index is 0.00000544. The van der Waals surface area contributed by atoms with E-state index in [0.717, 1.165) is 0 Å². The van der Waals surface area contributed by atoms with Crippen LogP contribution in [0.15, 0.2) is 42.0 Å². The van der Waals surface area contributed by atoms with Crippen LogP contribution in [-0.4, -0.2) is 45.7 Å². The van der Waals surface area contributed by atoms with Gasteiger partial charge in [-0.15, -0.1) is 34.9 Å². The first kappa shape index (κ1) is 31.5. The minimum Gasteiger partial charge on any atom is -0.468 e. The molecule has 2 N–H and O–H groups in total. The number of anilines is 1. The average molecular weight is 468 g/mol. The molecule has 2 aromatic carbocycles. The number of aryl methyl sites for hydroxylation is 1. The number of ether oxygens (including phenoxy) is 1. The number of nitrogens with two attached hydrogens (primary N) is 1. The number of methoxy groups -OCH3 is 1. The Hall–Kier alpha value is -2.53. The molecule has 0 spiro atoms. The second kappa shape index (κ2) is 13.4. The Morgan fingerprint density at radius 2 is 1.82 bits per heavy atom. The van der Waals surface area contributed by atoms with Crippen LogP contribution in [0.2, 0.25) is 0 Å². The normalized spacial score (nSPS) is 12.5. The molecule has 180 valence electrons. The van der Waals surface area contributed by atoms with Crippen molar-refractivity contribution in [1.82, 2.24) is 0 Å². The molecule has 0 aromatic heterocycles. The molecule has 0 heterocycles. The van der Waals surface area contributed by atoms with Gasteiger partial charge in [0.05, 0.1) is 7.11 Å². The zero-order valence-corrected chi connectivity index (χ0v) is 20.3. The second-order valence-electron chi connectivity index (χ2n) is 7.61. The van der Waals surface area contributed by atoms with Crippen LogP contribution in [0.5, 0.6) is 0 Å². The summed E-state index contributed by atoms with van der Waals surface area (Å²) in [6, 6.07) is 11.4. The van der Waals surface area contributed by atoms with E-state index in [1.54, 1.807) is 56.3 Å². The average Bonchev–Trinajstić information content (AvgIpc) is 2.71. The molecule has 0 radical (unpaired) electrons. The maximum Gasteiger partial charge on any atom is 1.00 e. The van der Waals surface area contributed by atoms with Crippen LogP contribution in [0.25, 0.3) is 5.57 Å². The third-order valence-corrected chi connectivity index (χ3v) is 4.81. The summed E-state index contributed by atoms with van der Waals surface area (Å²) in [5, 5.41) is 0. The van der Waals surface area contributed by atoms with Gasteiger partial charge in [0, 0.05) is 14.1 Å². The number of nitrogens with zero attached hydrogens (tertiary/aromatic N) is 1. The molecule has 0 aliphatic rings. The van der Waals surface area contributed by atoms with Crippen LogP contribution < -0.4 is 29.5 Å². The van der Waals surface area contributed by atoms with E-state index in [4.69, 9.17) is 5.73 Å². The molecule has 0 aliphatic carbocycles. The van der Waals surface area contributed by atoms with Crippen molar-refractivity contribution in [3.05, 3.63) is 77.7 Å². The minimum absolute atomic E-state index is 0. The molecule has 5 nitrogen and oxygen atoms in total. The molecular formula is C25H28F3LiN2O3-2. The van der Waals surface area contributed by atoms with E-state index < -0.39 is 29.3 Å². The molecule has 0 fully saturated rings. The van der Waals surface area contributed by atoms with Crippen LogP contribution in [0, 0.1) is 20.4 Å². The Kier molecular flexibility index (Phi) is 12.4. The van der Waals surface area contributed by atoms with Crippen molar-refractivity contribution in [2.45, 2.75) is 32.0 Å². The molecule has 34 heavy (non-hydrogen) atoms. The number of alkyl halides is 3. The van der Waals surface area contributed by atoms with E-state index in [1.807, 2.05) is 0 Å². The van der Waals surface area contributed by atoms with Gasteiger partial charge in [-0.3, -0.25) is 4.79 Å². The van der Waals surface area contributed by atoms with Crippen molar-refractivity contribution < 1.29 is 46.4 Å². The number of rotatable bonds is 8. The van der Waals surface area contributed by atoms with Crippen molar-refractivity contribution in [1.29, 1.82) is 0 Å². The fraction of sp³-hybridized carbons (Fsp3) is 0.320. The standard InChI is InChI=1S/C24H25F3N2O3.CH3.Li/c1-15-8-18(13-20(9-15)29(2)3)22(24(25,26)27)19(14-30)11-16-6-5-7-17(10-16)12-21(28)23(31)32-4;;/h5-7,9-10,13,21H,11-12,28H2,1-4H3;1H3;/q-2;-1;+1/b22-19+;;/t21-;;/m0../s1. The largest absolute Gasteiger partial charge is 1.00 e. The molecule has 0 bridgehead atoms. The predicted octanol–water partition coefficient (Wildman–Crippen LogP) is 1.03. The number of allylic oxidation sites excluding steroid dienone is 2. The van der Waals surface area contributed by atoms with Gasteiger partial charge in [0.25, 0.3) is 0 Å². The number of halogens is 3. The zero-order valence-electron chi connectivity index (χ0n) is 20.3. The van der Waals surface area contributed by atoms with Crippen LogP contribution in [-0.2, 0) is 27.2 Å². The number of carbonyl (C=O) groups excluding carboxylic acids is 2. The number of carbonyl (C=O) groups is 1. The summed E-state index contributed by atoms with van der Waals surface area (Å²) in [6.45, 7) is 1.64. The van der Waals surface area contributed by atoms with Gasteiger partial charge in [0.15, 0.2) is 0 Å².